The number of nitrogens with one attached hydrogen (secondary N) is 1. The molecule has 7 nitrogen and oxygen atoms in total. The third kappa shape index (κ3) is 5.81. The molecule has 0 spiro atoms. The summed E-state index contributed by atoms with van der Waals surface area (Å²) in [5.41, 5.74) is 3.84. The highest BCUT2D eigenvalue weighted by Gasteiger charge is 2.52. The second-order valence-electron chi connectivity index (χ2n) is 9.91. The summed E-state index contributed by atoms with van der Waals surface area (Å²) in [5, 5.41) is 2.81. The van der Waals surface area contributed by atoms with Crippen molar-refractivity contribution in [1.29, 1.82) is 0 Å². The second kappa shape index (κ2) is 11.1. The number of hydrogen-bond donors (Lipinski definition) is 1. The van der Waals surface area contributed by atoms with Crippen LogP contribution in [0, 0.1) is 20.8 Å². The van der Waals surface area contributed by atoms with Gasteiger partial charge in [0.2, 0.25) is 15.9 Å². The van der Waals surface area contributed by atoms with Crippen LogP contribution in [-0.2, 0) is 36.3 Å². The Balaban J connectivity index is 1.55. The molecule has 4 rings (SSSR count). The van der Waals surface area contributed by atoms with Gasteiger partial charge >= 0.3 is 5.97 Å². The summed E-state index contributed by atoms with van der Waals surface area (Å²) in [4.78, 5) is 25.7. The number of anilines is 1. The number of aryl methyl sites for hydroxylation is 3. The Morgan fingerprint density at radius 2 is 1.55 bits per heavy atom. The zero-order valence-corrected chi connectivity index (χ0v) is 23.1. The van der Waals surface area contributed by atoms with E-state index < -0.39 is 21.3 Å². The first kappa shape index (κ1) is 27.5. The van der Waals surface area contributed by atoms with Crippen LogP contribution in [0.3, 0.4) is 0 Å². The van der Waals surface area contributed by atoms with Crippen molar-refractivity contribution < 1.29 is 22.7 Å². The van der Waals surface area contributed by atoms with Crippen molar-refractivity contribution in [3.05, 3.63) is 94.5 Å². The Morgan fingerprint density at radius 1 is 0.947 bits per heavy atom. The van der Waals surface area contributed by atoms with Crippen LogP contribution in [-0.4, -0.2) is 37.8 Å². The molecule has 1 saturated carbocycles. The molecule has 0 saturated heterocycles. The van der Waals surface area contributed by atoms with Crippen LogP contribution in [0.15, 0.2) is 71.6 Å². The minimum Gasteiger partial charge on any atom is -0.465 e. The number of ether oxygens (including phenoxy) is 1. The standard InChI is InChI=1S/C30H34N2O5S/c1-5-37-29(34)30(15-16-30)25-11-13-26(14-12-25)31-27(33)20-32(19-24-9-7-6-8-10-24)38(35,36)28-22(3)17-21(2)18-23(28)4/h6-14,17-18H,5,15-16,19-20H2,1-4H3,(H,31,33). The third-order valence-corrected chi connectivity index (χ3v) is 8.96. The molecule has 0 heterocycles. The minimum atomic E-state index is -3.98. The topological polar surface area (TPSA) is 92.8 Å². The average Bonchev–Trinajstić information content (AvgIpc) is 3.66. The lowest BCUT2D eigenvalue weighted by Crippen LogP contribution is -2.38. The summed E-state index contributed by atoms with van der Waals surface area (Å²) in [6, 6.07) is 20.0. The molecular formula is C30H34N2O5S. The van der Waals surface area contributed by atoms with Crippen molar-refractivity contribution in [2.45, 2.75) is 57.4 Å². The second-order valence-corrected chi connectivity index (χ2v) is 11.8. The molecule has 1 amide bonds. The molecule has 38 heavy (non-hydrogen) atoms. The quantitative estimate of drug-likeness (QED) is 0.368. The van der Waals surface area contributed by atoms with Crippen LogP contribution in [0.1, 0.15) is 47.6 Å². The number of amides is 1. The maximum absolute atomic E-state index is 13.9. The van der Waals surface area contributed by atoms with E-state index in [2.05, 4.69) is 5.32 Å². The van der Waals surface area contributed by atoms with Crippen LogP contribution in [0.5, 0.6) is 0 Å². The largest absolute Gasteiger partial charge is 0.465 e. The van der Waals surface area contributed by atoms with Gasteiger partial charge in [0.25, 0.3) is 0 Å². The van der Waals surface area contributed by atoms with Gasteiger partial charge in [-0.15, -0.1) is 0 Å². The van der Waals surface area contributed by atoms with Gasteiger partial charge in [0.1, 0.15) is 0 Å². The number of rotatable bonds is 10. The molecule has 1 N–H and O–H groups in total. The lowest BCUT2D eigenvalue weighted by molar-refractivity contribution is -0.146. The van der Waals surface area contributed by atoms with Crippen molar-refractivity contribution in [1.82, 2.24) is 4.31 Å². The first-order chi connectivity index (χ1) is 18.1. The van der Waals surface area contributed by atoms with E-state index in [4.69, 9.17) is 4.74 Å². The number of esters is 1. The lowest BCUT2D eigenvalue weighted by Gasteiger charge is -2.24. The maximum Gasteiger partial charge on any atom is 0.316 e. The molecule has 200 valence electrons. The summed E-state index contributed by atoms with van der Waals surface area (Å²) in [6.07, 6.45) is 1.48. The number of carbonyl (C=O) groups is 2. The van der Waals surface area contributed by atoms with E-state index in [9.17, 15) is 18.0 Å². The third-order valence-electron chi connectivity index (χ3n) is 6.86. The molecule has 0 aromatic heterocycles. The smallest absolute Gasteiger partial charge is 0.316 e. The van der Waals surface area contributed by atoms with E-state index in [0.717, 1.165) is 29.5 Å². The molecule has 0 bridgehead atoms. The molecule has 1 aliphatic rings. The summed E-state index contributed by atoms with van der Waals surface area (Å²) < 4.78 is 34.2. The molecule has 0 unspecified atom stereocenters. The molecule has 3 aromatic rings. The molecule has 0 atom stereocenters. The summed E-state index contributed by atoms with van der Waals surface area (Å²) in [6.45, 7) is 7.31. The van der Waals surface area contributed by atoms with Crippen molar-refractivity contribution in [2.75, 3.05) is 18.5 Å². The van der Waals surface area contributed by atoms with Gasteiger partial charge in [-0.2, -0.15) is 4.31 Å². The molecule has 3 aromatic carbocycles. The Morgan fingerprint density at radius 3 is 2.11 bits per heavy atom. The first-order valence-electron chi connectivity index (χ1n) is 12.8. The Hall–Kier alpha value is -3.49. The number of hydrogen-bond acceptors (Lipinski definition) is 5. The van der Waals surface area contributed by atoms with Gasteiger partial charge in [-0.25, -0.2) is 8.42 Å². The molecule has 0 aliphatic heterocycles. The van der Waals surface area contributed by atoms with Crippen LogP contribution in [0.25, 0.3) is 0 Å². The Kier molecular flexibility index (Phi) is 8.04. The highest BCUT2D eigenvalue weighted by molar-refractivity contribution is 7.89. The van der Waals surface area contributed by atoms with Gasteiger partial charge in [0.05, 0.1) is 23.5 Å². The molecule has 8 heteroatoms. The van der Waals surface area contributed by atoms with E-state index in [-0.39, 0.29) is 24.0 Å². The van der Waals surface area contributed by atoms with Gasteiger partial charge in [-0.05, 0) is 74.9 Å². The predicted octanol–water partition coefficient (Wildman–Crippen LogP) is 5.04. The zero-order chi connectivity index (χ0) is 27.5. The molecule has 1 fully saturated rings. The highest BCUT2D eigenvalue weighted by atomic mass is 32.2. The average molecular weight is 535 g/mol. The van der Waals surface area contributed by atoms with Crippen LogP contribution < -0.4 is 5.32 Å². The zero-order valence-electron chi connectivity index (χ0n) is 22.3. The van der Waals surface area contributed by atoms with Crippen molar-refractivity contribution in [3.63, 3.8) is 0 Å². The Bertz CT molecular complexity index is 1410. The monoisotopic (exact) mass is 534 g/mol. The maximum atomic E-state index is 13.9. The van der Waals surface area contributed by atoms with Gasteiger partial charge in [0.15, 0.2) is 0 Å². The predicted molar refractivity (Wildman–Crippen MR) is 147 cm³/mol. The van der Waals surface area contributed by atoms with E-state index in [1.54, 1.807) is 32.9 Å². The van der Waals surface area contributed by atoms with E-state index in [1.165, 1.54) is 4.31 Å². The fourth-order valence-electron chi connectivity index (χ4n) is 4.95. The van der Waals surface area contributed by atoms with Crippen molar-refractivity contribution in [2.24, 2.45) is 0 Å². The summed E-state index contributed by atoms with van der Waals surface area (Å²) >= 11 is 0. The van der Waals surface area contributed by atoms with Gasteiger partial charge in [-0.3, -0.25) is 9.59 Å². The molecule has 1 aliphatic carbocycles. The molecular weight excluding hydrogens is 500 g/mol. The number of nitrogens with zero attached hydrogens (tertiary/aromatic N) is 1. The van der Waals surface area contributed by atoms with E-state index in [1.807, 2.05) is 61.5 Å². The minimum absolute atomic E-state index is 0.0599. The number of carbonyl (C=O) groups excluding carboxylic acids is 2. The first-order valence-corrected chi connectivity index (χ1v) is 14.2. The van der Waals surface area contributed by atoms with Gasteiger partial charge in [0, 0.05) is 12.2 Å². The fourth-order valence-corrected chi connectivity index (χ4v) is 6.75. The fraction of sp³-hybridized carbons (Fsp3) is 0.333. The van der Waals surface area contributed by atoms with Gasteiger partial charge in [-0.1, -0.05) is 60.2 Å². The Labute approximate surface area is 224 Å². The van der Waals surface area contributed by atoms with E-state index >= 15 is 0 Å². The van der Waals surface area contributed by atoms with Crippen LogP contribution in [0.4, 0.5) is 5.69 Å². The van der Waals surface area contributed by atoms with Crippen LogP contribution >= 0.6 is 0 Å². The lowest BCUT2D eigenvalue weighted by atomic mass is 9.96. The SMILES string of the molecule is CCOC(=O)C1(c2ccc(NC(=O)CN(Cc3ccccc3)S(=O)(=O)c3c(C)cc(C)cc3C)cc2)CC1. The molecule has 0 radical (unpaired) electrons. The van der Waals surface area contributed by atoms with Crippen molar-refractivity contribution >= 4 is 27.6 Å². The van der Waals surface area contributed by atoms with Crippen molar-refractivity contribution in [3.8, 4) is 0 Å². The summed E-state index contributed by atoms with van der Waals surface area (Å²) in [7, 11) is -3.98. The summed E-state index contributed by atoms with van der Waals surface area (Å²) in [5.74, 6) is -0.675. The number of sulfonamides is 1. The van der Waals surface area contributed by atoms with Crippen LogP contribution in [0.2, 0.25) is 0 Å². The number of benzene rings is 3. The highest BCUT2D eigenvalue weighted by Crippen LogP contribution is 2.49. The normalized spacial score (nSPS) is 14.2. The van der Waals surface area contributed by atoms with E-state index in [0.29, 0.717) is 23.4 Å². The van der Waals surface area contributed by atoms with Gasteiger partial charge < -0.3 is 10.1 Å².